The molecular formula is C19H23N3O8. The number of aliphatic carboxylic acids is 2. The Hall–Kier alpha value is -3.83. The lowest BCUT2D eigenvalue weighted by Gasteiger charge is -2.13. The van der Waals surface area contributed by atoms with Crippen LogP contribution in [0.1, 0.15) is 11.7 Å². The van der Waals surface area contributed by atoms with Crippen molar-refractivity contribution >= 4 is 23.7 Å². The number of carbonyl (C=O) groups excluding carboxylic acids is 1. The summed E-state index contributed by atoms with van der Waals surface area (Å²) in [7, 11) is 0. The maximum absolute atomic E-state index is 11.7. The minimum Gasteiger partial charge on any atom is -0.508 e. The predicted molar refractivity (Wildman–Crippen MR) is 106 cm³/mol. The molecule has 1 unspecified atom stereocenters. The van der Waals surface area contributed by atoms with Crippen molar-refractivity contribution in [3.05, 3.63) is 54.1 Å². The molecular weight excluding hydrogens is 398 g/mol. The minimum atomic E-state index is -1.82. The number of anilines is 1. The molecule has 0 spiro atoms. The fraction of sp³-hybridized carbons (Fsp3) is 0.211. The van der Waals surface area contributed by atoms with E-state index >= 15 is 0 Å². The van der Waals surface area contributed by atoms with Gasteiger partial charge in [-0.15, -0.1) is 0 Å². The van der Waals surface area contributed by atoms with E-state index in [-0.39, 0.29) is 24.1 Å². The monoisotopic (exact) mass is 421 g/mol. The van der Waals surface area contributed by atoms with Gasteiger partial charge in [0.1, 0.15) is 11.5 Å². The first kappa shape index (κ1) is 24.2. The number of carboxylic acid groups (broad SMARTS) is 2. The number of phenolic OH excluding ortho intramolecular Hbond substituents is 2. The standard InChI is InChI=1S/C17H21N3O4.C2H2O4/c21-14-8-12(9-15(22)10-14)16(23)11-18-6-7-19-17(24)20-13-4-2-1-3-5-13;3-1(4)2(5)6/h1-5,8-10,16,18,21-23H,6-7,11H2,(H2,19,20,24);(H,3,4)(H,5,6). The van der Waals surface area contributed by atoms with Gasteiger partial charge in [-0.05, 0) is 29.8 Å². The van der Waals surface area contributed by atoms with E-state index in [0.29, 0.717) is 24.3 Å². The van der Waals surface area contributed by atoms with Crippen LogP contribution in [0.2, 0.25) is 0 Å². The van der Waals surface area contributed by atoms with Gasteiger partial charge in [0.2, 0.25) is 0 Å². The number of aliphatic hydroxyl groups is 1. The summed E-state index contributed by atoms with van der Waals surface area (Å²) in [5.74, 6) is -3.86. The van der Waals surface area contributed by atoms with Gasteiger partial charge in [-0.1, -0.05) is 18.2 Å². The Morgan fingerprint density at radius 1 is 0.867 bits per heavy atom. The van der Waals surface area contributed by atoms with Gasteiger partial charge in [0, 0.05) is 31.4 Å². The van der Waals surface area contributed by atoms with Crippen LogP contribution < -0.4 is 16.0 Å². The van der Waals surface area contributed by atoms with Crippen molar-refractivity contribution < 1.29 is 39.9 Å². The molecule has 2 amide bonds. The van der Waals surface area contributed by atoms with Gasteiger partial charge in [0.05, 0.1) is 6.10 Å². The van der Waals surface area contributed by atoms with Gasteiger partial charge in [-0.25, -0.2) is 14.4 Å². The molecule has 8 N–H and O–H groups in total. The zero-order chi connectivity index (χ0) is 22.5. The normalized spacial score (nSPS) is 10.8. The third kappa shape index (κ3) is 9.92. The summed E-state index contributed by atoms with van der Waals surface area (Å²) < 4.78 is 0. The molecule has 0 aliphatic carbocycles. The summed E-state index contributed by atoms with van der Waals surface area (Å²) in [6.45, 7) is 1.08. The third-order valence-corrected chi connectivity index (χ3v) is 3.45. The number of urea groups is 1. The first-order chi connectivity index (χ1) is 14.2. The molecule has 2 aromatic rings. The van der Waals surface area contributed by atoms with Crippen molar-refractivity contribution in [2.75, 3.05) is 25.0 Å². The Morgan fingerprint density at radius 3 is 1.97 bits per heavy atom. The van der Waals surface area contributed by atoms with E-state index in [4.69, 9.17) is 19.8 Å². The number of rotatable bonds is 7. The van der Waals surface area contributed by atoms with Gasteiger partial charge in [0.15, 0.2) is 0 Å². The average Bonchev–Trinajstić information content (AvgIpc) is 2.68. The van der Waals surface area contributed by atoms with Crippen LogP contribution in [0.4, 0.5) is 10.5 Å². The van der Waals surface area contributed by atoms with Crippen LogP contribution >= 0.6 is 0 Å². The second-order valence-corrected chi connectivity index (χ2v) is 5.86. The smallest absolute Gasteiger partial charge is 0.414 e. The summed E-state index contributed by atoms with van der Waals surface area (Å²) in [5.41, 5.74) is 1.12. The molecule has 30 heavy (non-hydrogen) atoms. The first-order valence-corrected chi connectivity index (χ1v) is 8.67. The van der Waals surface area contributed by atoms with Gasteiger partial charge < -0.3 is 41.5 Å². The Balaban J connectivity index is 0.000000656. The number of aliphatic hydroxyl groups excluding tert-OH is 1. The second-order valence-electron chi connectivity index (χ2n) is 5.86. The van der Waals surface area contributed by atoms with Crippen molar-refractivity contribution in [1.29, 1.82) is 0 Å². The minimum absolute atomic E-state index is 0.108. The number of hydrogen-bond acceptors (Lipinski definition) is 7. The van der Waals surface area contributed by atoms with Gasteiger partial charge >= 0.3 is 18.0 Å². The van der Waals surface area contributed by atoms with E-state index in [2.05, 4.69) is 16.0 Å². The quantitative estimate of drug-likeness (QED) is 0.235. The fourth-order valence-electron chi connectivity index (χ4n) is 2.13. The highest BCUT2D eigenvalue weighted by molar-refractivity contribution is 6.27. The van der Waals surface area contributed by atoms with E-state index in [1.165, 1.54) is 18.2 Å². The average molecular weight is 421 g/mol. The number of aromatic hydroxyl groups is 2. The van der Waals surface area contributed by atoms with Crippen LogP contribution in [-0.4, -0.2) is 63.1 Å². The molecule has 0 radical (unpaired) electrons. The molecule has 162 valence electrons. The highest BCUT2D eigenvalue weighted by atomic mass is 16.4. The number of para-hydroxylation sites is 1. The van der Waals surface area contributed by atoms with Gasteiger partial charge in [0.25, 0.3) is 0 Å². The summed E-state index contributed by atoms with van der Waals surface area (Å²) in [6.07, 6.45) is -0.874. The SMILES string of the molecule is O=C(NCCNCC(O)c1cc(O)cc(O)c1)Nc1ccccc1.O=C(O)C(=O)O. The first-order valence-electron chi connectivity index (χ1n) is 8.67. The van der Waals surface area contributed by atoms with E-state index < -0.39 is 18.0 Å². The summed E-state index contributed by atoms with van der Waals surface area (Å²) >= 11 is 0. The maximum atomic E-state index is 11.7. The number of carbonyl (C=O) groups is 3. The van der Waals surface area contributed by atoms with Crippen LogP contribution in [0.3, 0.4) is 0 Å². The van der Waals surface area contributed by atoms with E-state index in [1.807, 2.05) is 18.2 Å². The molecule has 0 saturated heterocycles. The molecule has 2 rings (SSSR count). The number of amides is 2. The Bertz CT molecular complexity index is 813. The predicted octanol–water partition coefficient (Wildman–Crippen LogP) is 0.698. The molecule has 0 fully saturated rings. The van der Waals surface area contributed by atoms with Crippen molar-refractivity contribution in [2.24, 2.45) is 0 Å². The number of carboxylic acids is 2. The largest absolute Gasteiger partial charge is 0.508 e. The van der Waals surface area contributed by atoms with E-state index in [1.54, 1.807) is 12.1 Å². The topological polar surface area (TPSA) is 188 Å². The third-order valence-electron chi connectivity index (χ3n) is 3.45. The van der Waals surface area contributed by atoms with Crippen LogP contribution in [0.15, 0.2) is 48.5 Å². The lowest BCUT2D eigenvalue weighted by atomic mass is 10.1. The lowest BCUT2D eigenvalue weighted by Crippen LogP contribution is -2.35. The Labute approximate surface area is 171 Å². The molecule has 0 aromatic heterocycles. The molecule has 2 aromatic carbocycles. The number of benzene rings is 2. The number of nitrogens with one attached hydrogen (secondary N) is 3. The van der Waals surface area contributed by atoms with Crippen molar-refractivity contribution in [3.8, 4) is 11.5 Å². The van der Waals surface area contributed by atoms with Crippen LogP contribution in [0.25, 0.3) is 0 Å². The van der Waals surface area contributed by atoms with Crippen LogP contribution in [0.5, 0.6) is 11.5 Å². The van der Waals surface area contributed by atoms with Crippen LogP contribution in [0, 0.1) is 0 Å². The van der Waals surface area contributed by atoms with Gasteiger partial charge in [-0.2, -0.15) is 0 Å². The molecule has 11 heteroatoms. The molecule has 0 saturated carbocycles. The van der Waals surface area contributed by atoms with Crippen LogP contribution in [-0.2, 0) is 9.59 Å². The molecule has 0 heterocycles. The molecule has 0 aliphatic rings. The summed E-state index contributed by atoms with van der Waals surface area (Å²) in [4.78, 5) is 29.9. The molecule has 0 aliphatic heterocycles. The van der Waals surface area contributed by atoms with Crippen molar-refractivity contribution in [3.63, 3.8) is 0 Å². The zero-order valence-electron chi connectivity index (χ0n) is 15.8. The summed E-state index contributed by atoms with van der Waals surface area (Å²) in [5, 5.41) is 51.9. The zero-order valence-corrected chi connectivity index (χ0v) is 15.8. The maximum Gasteiger partial charge on any atom is 0.414 e. The van der Waals surface area contributed by atoms with Gasteiger partial charge in [-0.3, -0.25) is 0 Å². The highest BCUT2D eigenvalue weighted by Gasteiger charge is 2.09. The molecule has 0 bridgehead atoms. The molecule has 11 nitrogen and oxygen atoms in total. The Kier molecular flexibility index (Phi) is 10.2. The number of phenols is 2. The lowest BCUT2D eigenvalue weighted by molar-refractivity contribution is -0.159. The fourth-order valence-corrected chi connectivity index (χ4v) is 2.13. The Morgan fingerprint density at radius 2 is 1.43 bits per heavy atom. The summed E-state index contributed by atoms with van der Waals surface area (Å²) in [6, 6.07) is 12.8. The second kappa shape index (κ2) is 12.6. The van der Waals surface area contributed by atoms with E-state index in [9.17, 15) is 20.1 Å². The molecule has 1 atom stereocenters. The van der Waals surface area contributed by atoms with Crippen molar-refractivity contribution in [2.45, 2.75) is 6.10 Å². The van der Waals surface area contributed by atoms with Crippen molar-refractivity contribution in [1.82, 2.24) is 10.6 Å². The highest BCUT2D eigenvalue weighted by Crippen LogP contribution is 2.24. The van der Waals surface area contributed by atoms with E-state index in [0.717, 1.165) is 0 Å². The number of hydrogen-bond donors (Lipinski definition) is 8.